The van der Waals surface area contributed by atoms with Gasteiger partial charge < -0.3 is 4.57 Å². The van der Waals surface area contributed by atoms with E-state index in [1.165, 1.54) is 0 Å². The number of hydrogen-bond acceptors (Lipinski definition) is 3. The zero-order chi connectivity index (χ0) is 15.7. The summed E-state index contributed by atoms with van der Waals surface area (Å²) in [6, 6.07) is 11.3. The summed E-state index contributed by atoms with van der Waals surface area (Å²) < 4.78 is 3.24. The summed E-state index contributed by atoms with van der Waals surface area (Å²) in [5.41, 5.74) is 3.79. The van der Waals surface area contributed by atoms with Crippen molar-refractivity contribution in [3.63, 3.8) is 0 Å². The van der Waals surface area contributed by atoms with Crippen molar-refractivity contribution in [1.82, 2.24) is 14.3 Å². The van der Waals surface area contributed by atoms with E-state index in [0.29, 0.717) is 11.1 Å². The molecule has 0 N–H and O–H groups in total. The minimum absolute atomic E-state index is 0.00836. The van der Waals surface area contributed by atoms with Gasteiger partial charge in [0.25, 0.3) is 5.56 Å². The second-order valence-electron chi connectivity index (χ2n) is 5.13. The minimum atomic E-state index is -0.00836. The standard InChI is InChI=1S/C17H14N4O/c1-12-7-14(10-20(2)17(12)22)15-9-19-21(11-15)16-6-4-3-5-13(16)8-18/h3-7,9-11H,1-2H3. The summed E-state index contributed by atoms with van der Waals surface area (Å²) in [4.78, 5) is 11.8. The first-order valence-corrected chi connectivity index (χ1v) is 6.82. The molecule has 5 heteroatoms. The topological polar surface area (TPSA) is 63.6 Å². The SMILES string of the molecule is Cc1cc(-c2cnn(-c3ccccc3C#N)c2)cn(C)c1=O. The highest BCUT2D eigenvalue weighted by atomic mass is 16.1. The van der Waals surface area contributed by atoms with Crippen LogP contribution in [0, 0.1) is 18.3 Å². The second-order valence-corrected chi connectivity index (χ2v) is 5.13. The highest BCUT2D eigenvalue weighted by Gasteiger charge is 2.08. The highest BCUT2D eigenvalue weighted by Crippen LogP contribution is 2.21. The molecule has 0 aliphatic rings. The maximum atomic E-state index is 11.8. The summed E-state index contributed by atoms with van der Waals surface area (Å²) in [6.07, 6.45) is 5.37. The zero-order valence-corrected chi connectivity index (χ0v) is 12.3. The van der Waals surface area contributed by atoms with E-state index in [0.717, 1.165) is 16.8 Å². The maximum absolute atomic E-state index is 11.8. The average Bonchev–Trinajstić information content (AvgIpc) is 3.02. The first-order valence-electron chi connectivity index (χ1n) is 6.82. The van der Waals surface area contributed by atoms with Crippen LogP contribution in [0.4, 0.5) is 0 Å². The van der Waals surface area contributed by atoms with Gasteiger partial charge in [0, 0.05) is 36.1 Å². The lowest BCUT2D eigenvalue weighted by Gasteiger charge is -2.04. The monoisotopic (exact) mass is 290 g/mol. The molecule has 0 aliphatic heterocycles. The van der Waals surface area contributed by atoms with E-state index >= 15 is 0 Å². The van der Waals surface area contributed by atoms with Crippen LogP contribution in [0.25, 0.3) is 16.8 Å². The molecular weight excluding hydrogens is 276 g/mol. The van der Waals surface area contributed by atoms with Crippen molar-refractivity contribution < 1.29 is 0 Å². The van der Waals surface area contributed by atoms with Crippen LogP contribution in [0.5, 0.6) is 0 Å². The smallest absolute Gasteiger partial charge is 0.253 e. The van der Waals surface area contributed by atoms with Gasteiger partial charge in [-0.2, -0.15) is 10.4 Å². The Morgan fingerprint density at radius 1 is 1.18 bits per heavy atom. The number of nitriles is 1. The Morgan fingerprint density at radius 2 is 1.95 bits per heavy atom. The lowest BCUT2D eigenvalue weighted by molar-refractivity contribution is 0.850. The van der Waals surface area contributed by atoms with Crippen LogP contribution in [-0.2, 0) is 7.05 Å². The van der Waals surface area contributed by atoms with Gasteiger partial charge in [0.05, 0.1) is 17.4 Å². The number of pyridine rings is 1. The Kier molecular flexibility index (Phi) is 3.36. The van der Waals surface area contributed by atoms with E-state index < -0.39 is 0 Å². The van der Waals surface area contributed by atoms with E-state index in [4.69, 9.17) is 0 Å². The Labute approximate surface area is 127 Å². The number of aromatic nitrogens is 3. The highest BCUT2D eigenvalue weighted by molar-refractivity contribution is 5.62. The minimum Gasteiger partial charge on any atom is -0.318 e. The van der Waals surface area contributed by atoms with Gasteiger partial charge in [-0.05, 0) is 25.1 Å². The van der Waals surface area contributed by atoms with Crippen LogP contribution < -0.4 is 5.56 Å². The number of benzene rings is 1. The van der Waals surface area contributed by atoms with Crippen LogP contribution in [0.1, 0.15) is 11.1 Å². The third kappa shape index (κ3) is 2.31. The summed E-state index contributed by atoms with van der Waals surface area (Å²) in [7, 11) is 1.73. The van der Waals surface area contributed by atoms with Crippen molar-refractivity contribution in [2.75, 3.05) is 0 Å². The number of hydrogen-bond donors (Lipinski definition) is 0. The van der Waals surface area contributed by atoms with Gasteiger partial charge in [0.2, 0.25) is 0 Å². The fourth-order valence-electron chi connectivity index (χ4n) is 2.41. The van der Waals surface area contributed by atoms with Crippen LogP contribution >= 0.6 is 0 Å². The molecule has 0 bridgehead atoms. The molecule has 0 spiro atoms. The van der Waals surface area contributed by atoms with Crippen molar-refractivity contribution in [2.24, 2.45) is 7.05 Å². The molecule has 3 rings (SSSR count). The molecule has 0 atom stereocenters. The molecule has 2 heterocycles. The summed E-state index contributed by atoms with van der Waals surface area (Å²) >= 11 is 0. The third-order valence-corrected chi connectivity index (χ3v) is 3.55. The van der Waals surface area contributed by atoms with Crippen LogP contribution in [0.3, 0.4) is 0 Å². The maximum Gasteiger partial charge on any atom is 0.253 e. The van der Waals surface area contributed by atoms with Gasteiger partial charge >= 0.3 is 0 Å². The number of nitrogens with zero attached hydrogens (tertiary/aromatic N) is 4. The fraction of sp³-hybridized carbons (Fsp3) is 0.118. The molecule has 0 amide bonds. The van der Waals surface area contributed by atoms with E-state index in [-0.39, 0.29) is 5.56 Å². The van der Waals surface area contributed by atoms with Crippen LogP contribution in [-0.4, -0.2) is 14.3 Å². The number of aryl methyl sites for hydroxylation is 2. The molecule has 22 heavy (non-hydrogen) atoms. The van der Waals surface area contributed by atoms with Gasteiger partial charge in [0.15, 0.2) is 0 Å². The Morgan fingerprint density at radius 3 is 2.68 bits per heavy atom. The quantitative estimate of drug-likeness (QED) is 0.728. The Balaban J connectivity index is 2.09. The van der Waals surface area contributed by atoms with E-state index in [2.05, 4.69) is 11.2 Å². The van der Waals surface area contributed by atoms with Crippen molar-refractivity contribution >= 4 is 0 Å². The molecule has 0 fully saturated rings. The fourth-order valence-corrected chi connectivity index (χ4v) is 2.41. The zero-order valence-electron chi connectivity index (χ0n) is 12.3. The van der Waals surface area contributed by atoms with Gasteiger partial charge in [-0.1, -0.05) is 12.1 Å². The van der Waals surface area contributed by atoms with Crippen molar-refractivity contribution in [3.8, 4) is 22.9 Å². The molecule has 0 aliphatic carbocycles. The van der Waals surface area contributed by atoms with Crippen molar-refractivity contribution in [2.45, 2.75) is 6.92 Å². The normalized spacial score (nSPS) is 10.4. The van der Waals surface area contributed by atoms with Crippen LogP contribution in [0.2, 0.25) is 0 Å². The third-order valence-electron chi connectivity index (χ3n) is 3.55. The first kappa shape index (κ1) is 13.8. The summed E-state index contributed by atoms with van der Waals surface area (Å²) in [6.45, 7) is 1.79. The average molecular weight is 290 g/mol. The van der Waals surface area contributed by atoms with Crippen molar-refractivity contribution in [3.05, 3.63) is 70.4 Å². The lowest BCUT2D eigenvalue weighted by atomic mass is 10.1. The van der Waals surface area contributed by atoms with E-state index in [9.17, 15) is 10.1 Å². The molecule has 5 nitrogen and oxygen atoms in total. The van der Waals surface area contributed by atoms with Gasteiger partial charge in [-0.25, -0.2) is 4.68 Å². The Hall–Kier alpha value is -3.13. The van der Waals surface area contributed by atoms with Gasteiger partial charge in [-0.15, -0.1) is 0 Å². The molecule has 0 saturated heterocycles. The number of rotatable bonds is 2. The molecule has 1 aromatic carbocycles. The van der Waals surface area contributed by atoms with Gasteiger partial charge in [0.1, 0.15) is 6.07 Å². The predicted octanol–water partition coefficient (Wildman–Crippen LogP) is 2.42. The van der Waals surface area contributed by atoms with E-state index in [1.807, 2.05) is 30.5 Å². The molecule has 0 saturated carbocycles. The van der Waals surface area contributed by atoms with Crippen LogP contribution in [0.15, 0.2) is 53.7 Å². The molecule has 0 unspecified atom stereocenters. The first-order chi connectivity index (χ1) is 10.6. The van der Waals surface area contributed by atoms with Crippen molar-refractivity contribution in [1.29, 1.82) is 5.26 Å². The summed E-state index contributed by atoms with van der Waals surface area (Å²) in [5.74, 6) is 0. The lowest BCUT2D eigenvalue weighted by Crippen LogP contribution is -2.18. The van der Waals surface area contributed by atoms with E-state index in [1.54, 1.807) is 41.7 Å². The second kappa shape index (κ2) is 5.34. The largest absolute Gasteiger partial charge is 0.318 e. The molecule has 3 aromatic rings. The predicted molar refractivity (Wildman–Crippen MR) is 83.7 cm³/mol. The Bertz CT molecular complexity index is 918. The van der Waals surface area contributed by atoms with Gasteiger partial charge in [-0.3, -0.25) is 4.79 Å². The molecule has 108 valence electrons. The number of para-hydroxylation sites is 1. The molecular formula is C17H14N4O. The summed E-state index contributed by atoms with van der Waals surface area (Å²) in [5, 5.41) is 13.5. The molecule has 2 aromatic heterocycles. The molecule has 0 radical (unpaired) electrons.